The Bertz CT molecular complexity index is 895. The minimum absolute atomic E-state index is 0.191. The summed E-state index contributed by atoms with van der Waals surface area (Å²) >= 11 is 1.77. The first-order valence-corrected chi connectivity index (χ1v) is 9.48. The number of methoxy groups -OCH3 is 2. The molecule has 0 spiro atoms. The molecular weight excluding hydrogens is 358 g/mol. The molecule has 3 aromatic carbocycles. The number of thioether (sulfide) groups is 1. The molecule has 0 bridgehead atoms. The van der Waals surface area contributed by atoms with E-state index in [0.717, 1.165) is 5.75 Å². The lowest BCUT2D eigenvalue weighted by molar-refractivity contribution is 0.102. The lowest BCUT2D eigenvalue weighted by atomic mass is 10.1. The highest BCUT2D eigenvalue weighted by molar-refractivity contribution is 7.98. The first-order valence-electron chi connectivity index (χ1n) is 8.50. The number of carbonyl (C=O) groups excluding carboxylic acids is 1. The quantitative estimate of drug-likeness (QED) is 0.570. The maximum absolute atomic E-state index is 12.6. The molecule has 0 atom stereocenters. The van der Waals surface area contributed by atoms with Crippen LogP contribution in [0.2, 0.25) is 0 Å². The first kappa shape index (κ1) is 18.9. The van der Waals surface area contributed by atoms with Crippen molar-refractivity contribution in [2.75, 3.05) is 19.5 Å². The van der Waals surface area contributed by atoms with E-state index < -0.39 is 0 Å². The van der Waals surface area contributed by atoms with E-state index in [2.05, 4.69) is 17.4 Å². The SMILES string of the molecule is COc1ccc(OC)c(NC(=O)c2ccc(CSc3ccccc3)cc2)c1. The van der Waals surface area contributed by atoms with E-state index in [0.29, 0.717) is 22.7 Å². The Labute approximate surface area is 163 Å². The van der Waals surface area contributed by atoms with Crippen LogP contribution in [0.5, 0.6) is 11.5 Å². The van der Waals surface area contributed by atoms with Gasteiger partial charge in [0.2, 0.25) is 0 Å². The zero-order valence-electron chi connectivity index (χ0n) is 15.3. The molecule has 0 heterocycles. The third kappa shape index (κ3) is 5.05. The van der Waals surface area contributed by atoms with Crippen LogP contribution in [0.4, 0.5) is 5.69 Å². The van der Waals surface area contributed by atoms with Crippen LogP contribution in [0.25, 0.3) is 0 Å². The highest BCUT2D eigenvalue weighted by Gasteiger charge is 2.11. The van der Waals surface area contributed by atoms with Crippen LogP contribution >= 0.6 is 11.8 Å². The Morgan fingerprint density at radius 3 is 2.33 bits per heavy atom. The fourth-order valence-electron chi connectivity index (χ4n) is 2.54. The number of benzene rings is 3. The number of anilines is 1. The largest absolute Gasteiger partial charge is 0.497 e. The maximum atomic E-state index is 12.6. The molecule has 0 saturated heterocycles. The van der Waals surface area contributed by atoms with Gasteiger partial charge in [0.1, 0.15) is 11.5 Å². The third-order valence-electron chi connectivity index (χ3n) is 4.02. The van der Waals surface area contributed by atoms with Gasteiger partial charge >= 0.3 is 0 Å². The van der Waals surface area contributed by atoms with Crippen LogP contribution in [0.1, 0.15) is 15.9 Å². The van der Waals surface area contributed by atoms with Gasteiger partial charge in [0, 0.05) is 22.3 Å². The standard InChI is InChI=1S/C22H21NO3S/c1-25-18-12-13-21(26-2)20(14-18)23-22(24)17-10-8-16(9-11-17)15-27-19-6-4-3-5-7-19/h3-14H,15H2,1-2H3,(H,23,24). The van der Waals surface area contributed by atoms with E-state index in [1.165, 1.54) is 10.5 Å². The maximum Gasteiger partial charge on any atom is 0.255 e. The van der Waals surface area contributed by atoms with Gasteiger partial charge in [-0.05, 0) is 42.0 Å². The summed E-state index contributed by atoms with van der Waals surface area (Å²) in [4.78, 5) is 13.8. The molecule has 0 saturated carbocycles. The zero-order chi connectivity index (χ0) is 19.1. The molecule has 3 rings (SSSR count). The van der Waals surface area contributed by atoms with Gasteiger partial charge in [0.05, 0.1) is 19.9 Å². The number of ether oxygens (including phenoxy) is 2. The van der Waals surface area contributed by atoms with Crippen LogP contribution in [-0.4, -0.2) is 20.1 Å². The van der Waals surface area contributed by atoms with E-state index in [-0.39, 0.29) is 5.91 Å². The van der Waals surface area contributed by atoms with Gasteiger partial charge in [0.15, 0.2) is 0 Å². The lowest BCUT2D eigenvalue weighted by Crippen LogP contribution is -2.12. The molecule has 1 amide bonds. The number of hydrogen-bond acceptors (Lipinski definition) is 4. The monoisotopic (exact) mass is 379 g/mol. The number of rotatable bonds is 7. The molecule has 5 heteroatoms. The second-order valence-electron chi connectivity index (χ2n) is 5.82. The van der Waals surface area contributed by atoms with Crippen LogP contribution < -0.4 is 14.8 Å². The van der Waals surface area contributed by atoms with Crippen molar-refractivity contribution in [1.29, 1.82) is 0 Å². The van der Waals surface area contributed by atoms with Crippen molar-refractivity contribution < 1.29 is 14.3 Å². The van der Waals surface area contributed by atoms with Gasteiger partial charge in [0.25, 0.3) is 5.91 Å². The lowest BCUT2D eigenvalue weighted by Gasteiger charge is -2.12. The molecule has 0 fully saturated rings. The Balaban J connectivity index is 1.65. The van der Waals surface area contributed by atoms with Gasteiger partial charge in [-0.25, -0.2) is 0 Å². The number of nitrogens with one attached hydrogen (secondary N) is 1. The summed E-state index contributed by atoms with van der Waals surface area (Å²) in [6.07, 6.45) is 0. The fourth-order valence-corrected chi connectivity index (χ4v) is 3.42. The molecule has 138 valence electrons. The van der Waals surface area contributed by atoms with Crippen molar-refractivity contribution in [3.63, 3.8) is 0 Å². The average molecular weight is 379 g/mol. The molecule has 1 N–H and O–H groups in total. The molecule has 4 nitrogen and oxygen atoms in total. The van der Waals surface area contributed by atoms with Crippen LogP contribution in [0, 0.1) is 0 Å². The Hall–Kier alpha value is -2.92. The van der Waals surface area contributed by atoms with Crippen molar-refractivity contribution in [3.05, 3.63) is 83.9 Å². The minimum atomic E-state index is -0.191. The van der Waals surface area contributed by atoms with Gasteiger partial charge < -0.3 is 14.8 Å². The molecule has 0 aromatic heterocycles. The van der Waals surface area contributed by atoms with E-state index in [1.807, 2.05) is 42.5 Å². The van der Waals surface area contributed by atoms with Gasteiger partial charge in [-0.1, -0.05) is 30.3 Å². The summed E-state index contributed by atoms with van der Waals surface area (Å²) in [6, 6.07) is 23.2. The summed E-state index contributed by atoms with van der Waals surface area (Å²) < 4.78 is 10.5. The fraction of sp³-hybridized carbons (Fsp3) is 0.136. The second-order valence-corrected chi connectivity index (χ2v) is 6.87. The van der Waals surface area contributed by atoms with Crippen molar-refractivity contribution in [3.8, 4) is 11.5 Å². The summed E-state index contributed by atoms with van der Waals surface area (Å²) in [5, 5.41) is 2.88. The van der Waals surface area contributed by atoms with Gasteiger partial charge in [-0.15, -0.1) is 11.8 Å². The van der Waals surface area contributed by atoms with E-state index in [1.54, 1.807) is 44.2 Å². The molecule has 3 aromatic rings. The van der Waals surface area contributed by atoms with E-state index in [9.17, 15) is 4.79 Å². The predicted octanol–water partition coefficient (Wildman–Crippen LogP) is 5.25. The van der Waals surface area contributed by atoms with E-state index >= 15 is 0 Å². The summed E-state index contributed by atoms with van der Waals surface area (Å²) in [5.74, 6) is 1.90. The number of carbonyl (C=O) groups is 1. The van der Waals surface area contributed by atoms with Gasteiger partial charge in [-0.2, -0.15) is 0 Å². The molecule has 0 aliphatic rings. The zero-order valence-corrected chi connectivity index (χ0v) is 16.1. The molecule has 0 radical (unpaired) electrons. The second kappa shape index (κ2) is 9.14. The molecule has 0 aliphatic heterocycles. The summed E-state index contributed by atoms with van der Waals surface area (Å²) in [5.41, 5.74) is 2.33. The Morgan fingerprint density at radius 1 is 0.926 bits per heavy atom. The number of amides is 1. The highest BCUT2D eigenvalue weighted by Crippen LogP contribution is 2.29. The van der Waals surface area contributed by atoms with Crippen molar-refractivity contribution >= 4 is 23.4 Å². The van der Waals surface area contributed by atoms with Crippen molar-refractivity contribution in [2.45, 2.75) is 10.6 Å². The van der Waals surface area contributed by atoms with Crippen LogP contribution in [0.3, 0.4) is 0 Å². The number of hydrogen-bond donors (Lipinski definition) is 1. The average Bonchev–Trinajstić information content (AvgIpc) is 2.73. The van der Waals surface area contributed by atoms with Crippen LogP contribution in [0.15, 0.2) is 77.7 Å². The Kier molecular flexibility index (Phi) is 6.39. The van der Waals surface area contributed by atoms with Crippen molar-refractivity contribution in [2.24, 2.45) is 0 Å². The summed E-state index contributed by atoms with van der Waals surface area (Å²) in [7, 11) is 3.15. The molecule has 0 unspecified atom stereocenters. The molecular formula is C22H21NO3S. The first-order chi connectivity index (χ1) is 13.2. The molecule has 27 heavy (non-hydrogen) atoms. The predicted molar refractivity (Wildman–Crippen MR) is 110 cm³/mol. The van der Waals surface area contributed by atoms with Crippen molar-refractivity contribution in [1.82, 2.24) is 0 Å². The third-order valence-corrected chi connectivity index (χ3v) is 5.10. The molecule has 0 aliphatic carbocycles. The smallest absolute Gasteiger partial charge is 0.255 e. The van der Waals surface area contributed by atoms with Gasteiger partial charge in [-0.3, -0.25) is 4.79 Å². The highest BCUT2D eigenvalue weighted by atomic mass is 32.2. The van der Waals surface area contributed by atoms with Crippen LogP contribution in [-0.2, 0) is 5.75 Å². The normalized spacial score (nSPS) is 10.3. The topological polar surface area (TPSA) is 47.6 Å². The van der Waals surface area contributed by atoms with E-state index in [4.69, 9.17) is 9.47 Å². The summed E-state index contributed by atoms with van der Waals surface area (Å²) in [6.45, 7) is 0. The minimum Gasteiger partial charge on any atom is -0.497 e. The Morgan fingerprint density at radius 2 is 1.67 bits per heavy atom.